The molecule has 0 saturated heterocycles. The van der Waals surface area contributed by atoms with Crippen molar-refractivity contribution in [1.29, 1.82) is 0 Å². The van der Waals surface area contributed by atoms with Gasteiger partial charge in [-0.05, 0) is 72.2 Å². The van der Waals surface area contributed by atoms with Gasteiger partial charge in [0, 0.05) is 16.5 Å². The molecule has 0 aliphatic heterocycles. The summed E-state index contributed by atoms with van der Waals surface area (Å²) in [6.07, 6.45) is 0. The molecule has 7 aromatic rings. The van der Waals surface area contributed by atoms with Crippen molar-refractivity contribution in [2.45, 2.75) is 53.4 Å². The number of hydrogen-bond donors (Lipinski definition) is 0. The van der Waals surface area contributed by atoms with Gasteiger partial charge in [-0.25, -0.2) is 4.98 Å². The van der Waals surface area contributed by atoms with Crippen molar-refractivity contribution < 1.29 is 4.42 Å². The Morgan fingerprint density at radius 2 is 1.38 bits per heavy atom. The number of fused-ring (bicyclic) bond motifs is 4. The SMILES string of the molecule is Cc1cc2nc(-c3cccc4c3oc3cc(-c5ccccc5)ccc34)n(-c3c(C(C)C)cccc3C(C)C)c2c(C)n1. The fourth-order valence-corrected chi connectivity index (χ4v) is 6.39. The maximum absolute atomic E-state index is 6.73. The lowest BCUT2D eigenvalue weighted by Crippen LogP contribution is -2.09. The van der Waals surface area contributed by atoms with Crippen molar-refractivity contribution in [3.8, 4) is 28.2 Å². The van der Waals surface area contributed by atoms with Gasteiger partial charge in [-0.2, -0.15) is 0 Å². The van der Waals surface area contributed by atoms with Crippen LogP contribution in [0, 0.1) is 13.8 Å². The Labute approximate surface area is 246 Å². The highest BCUT2D eigenvalue weighted by Gasteiger charge is 2.25. The summed E-state index contributed by atoms with van der Waals surface area (Å²) in [5, 5.41) is 2.20. The lowest BCUT2D eigenvalue weighted by Gasteiger charge is -2.23. The average Bonchev–Trinajstić information content (AvgIpc) is 3.55. The van der Waals surface area contributed by atoms with Crippen molar-refractivity contribution in [3.63, 3.8) is 0 Å². The molecule has 0 aliphatic carbocycles. The van der Waals surface area contributed by atoms with E-state index < -0.39 is 0 Å². The van der Waals surface area contributed by atoms with Crippen LogP contribution in [0.3, 0.4) is 0 Å². The van der Waals surface area contributed by atoms with E-state index in [0.717, 1.165) is 61.3 Å². The largest absolute Gasteiger partial charge is 0.455 e. The first-order valence-corrected chi connectivity index (χ1v) is 14.8. The topological polar surface area (TPSA) is 43.9 Å². The van der Waals surface area contributed by atoms with Crippen LogP contribution in [-0.2, 0) is 0 Å². The first-order chi connectivity index (χ1) is 20.3. The number of imidazole rings is 1. The molecule has 7 rings (SSSR count). The second-order valence-corrected chi connectivity index (χ2v) is 11.9. The second kappa shape index (κ2) is 9.99. The van der Waals surface area contributed by atoms with Crippen LogP contribution in [0.2, 0.25) is 0 Å². The van der Waals surface area contributed by atoms with Gasteiger partial charge in [-0.15, -0.1) is 0 Å². The minimum absolute atomic E-state index is 0.334. The van der Waals surface area contributed by atoms with E-state index in [1.807, 2.05) is 13.0 Å². The number of furan rings is 1. The van der Waals surface area contributed by atoms with E-state index in [1.165, 1.54) is 22.4 Å². The van der Waals surface area contributed by atoms with Crippen LogP contribution in [0.5, 0.6) is 0 Å². The second-order valence-electron chi connectivity index (χ2n) is 11.9. The summed E-state index contributed by atoms with van der Waals surface area (Å²) in [6.45, 7) is 13.2. The van der Waals surface area contributed by atoms with Crippen molar-refractivity contribution >= 4 is 33.0 Å². The first kappa shape index (κ1) is 26.2. The predicted molar refractivity (Wildman–Crippen MR) is 175 cm³/mol. The summed E-state index contributed by atoms with van der Waals surface area (Å²) in [6, 6.07) is 32.2. The van der Waals surface area contributed by atoms with Crippen molar-refractivity contribution in [3.05, 3.63) is 114 Å². The quantitative estimate of drug-likeness (QED) is 0.214. The molecule has 4 aromatic carbocycles. The van der Waals surface area contributed by atoms with Crippen LogP contribution in [0.1, 0.15) is 62.0 Å². The van der Waals surface area contributed by atoms with Gasteiger partial charge in [0.1, 0.15) is 17.0 Å². The molecular formula is C38H35N3O. The molecule has 0 saturated carbocycles. The number of benzene rings is 4. The van der Waals surface area contributed by atoms with E-state index >= 15 is 0 Å². The molecule has 0 fully saturated rings. The Balaban J connectivity index is 1.57. The number of aromatic nitrogens is 3. The normalized spacial score (nSPS) is 12.0. The van der Waals surface area contributed by atoms with Crippen LogP contribution >= 0.6 is 0 Å². The third-order valence-corrected chi connectivity index (χ3v) is 8.35. The van der Waals surface area contributed by atoms with Gasteiger partial charge in [0.15, 0.2) is 0 Å². The lowest BCUT2D eigenvalue weighted by atomic mass is 9.92. The molecule has 0 N–H and O–H groups in total. The van der Waals surface area contributed by atoms with Crippen LogP contribution in [0.4, 0.5) is 0 Å². The Kier molecular flexibility index (Phi) is 6.23. The standard InChI is InChI=1S/C38H35N3O/c1-22(2)28-14-10-15-29(23(3)4)36(28)41-35-25(6)39-24(5)20-33(35)40-38(41)32-17-11-16-31-30-19-18-27(21-34(30)42-37(31)32)26-12-8-7-9-13-26/h7-23H,1-6H3. The zero-order valence-corrected chi connectivity index (χ0v) is 25.1. The highest BCUT2D eigenvalue weighted by atomic mass is 16.3. The molecule has 0 aliphatic rings. The van der Waals surface area contributed by atoms with Crippen LogP contribution in [-0.4, -0.2) is 14.5 Å². The number of aryl methyl sites for hydroxylation is 2. The molecule has 0 atom stereocenters. The number of pyridine rings is 1. The van der Waals surface area contributed by atoms with Crippen molar-refractivity contribution in [2.75, 3.05) is 0 Å². The molecule has 4 heteroatoms. The highest BCUT2D eigenvalue weighted by molar-refractivity contribution is 6.10. The fourth-order valence-electron chi connectivity index (χ4n) is 6.39. The molecule has 0 unspecified atom stereocenters. The van der Waals surface area contributed by atoms with Gasteiger partial charge in [0.05, 0.1) is 28.0 Å². The van der Waals surface area contributed by atoms with Crippen LogP contribution < -0.4 is 0 Å². The fraction of sp³-hybridized carbons (Fsp3) is 0.211. The summed E-state index contributed by atoms with van der Waals surface area (Å²) in [5.41, 5.74) is 12.7. The van der Waals surface area contributed by atoms with E-state index in [-0.39, 0.29) is 0 Å². The third kappa shape index (κ3) is 4.13. The summed E-state index contributed by atoms with van der Waals surface area (Å²) in [4.78, 5) is 10.2. The Bertz CT molecular complexity index is 2090. The summed E-state index contributed by atoms with van der Waals surface area (Å²) in [7, 11) is 0. The summed E-state index contributed by atoms with van der Waals surface area (Å²) in [5.74, 6) is 1.55. The molecule has 0 radical (unpaired) electrons. The average molecular weight is 550 g/mol. The Morgan fingerprint density at radius 3 is 2.10 bits per heavy atom. The molecule has 4 nitrogen and oxygen atoms in total. The van der Waals surface area contributed by atoms with Gasteiger partial charge >= 0.3 is 0 Å². The van der Waals surface area contributed by atoms with Crippen molar-refractivity contribution in [1.82, 2.24) is 14.5 Å². The number of nitrogens with zero attached hydrogens (tertiary/aromatic N) is 3. The summed E-state index contributed by atoms with van der Waals surface area (Å²) < 4.78 is 9.09. The monoisotopic (exact) mass is 549 g/mol. The van der Waals surface area contributed by atoms with E-state index in [0.29, 0.717) is 11.8 Å². The number of rotatable bonds is 5. The van der Waals surface area contributed by atoms with Crippen LogP contribution in [0.25, 0.3) is 61.2 Å². The molecule has 3 heterocycles. The van der Waals surface area contributed by atoms with Gasteiger partial charge in [-0.3, -0.25) is 9.55 Å². The molecule has 42 heavy (non-hydrogen) atoms. The van der Waals surface area contributed by atoms with E-state index in [1.54, 1.807) is 0 Å². The molecule has 0 amide bonds. The Morgan fingerprint density at radius 1 is 0.667 bits per heavy atom. The number of para-hydroxylation sites is 2. The maximum Gasteiger partial charge on any atom is 0.149 e. The van der Waals surface area contributed by atoms with Crippen molar-refractivity contribution in [2.24, 2.45) is 0 Å². The minimum atomic E-state index is 0.334. The van der Waals surface area contributed by atoms with Gasteiger partial charge < -0.3 is 4.42 Å². The smallest absolute Gasteiger partial charge is 0.149 e. The van der Waals surface area contributed by atoms with Gasteiger partial charge in [0.2, 0.25) is 0 Å². The first-order valence-electron chi connectivity index (χ1n) is 14.8. The molecular weight excluding hydrogens is 514 g/mol. The zero-order chi connectivity index (χ0) is 29.1. The predicted octanol–water partition coefficient (Wildman–Crippen LogP) is 10.5. The molecule has 0 bridgehead atoms. The van der Waals surface area contributed by atoms with Gasteiger partial charge in [-0.1, -0.05) is 94.4 Å². The van der Waals surface area contributed by atoms with Gasteiger partial charge in [0.25, 0.3) is 0 Å². The zero-order valence-electron chi connectivity index (χ0n) is 25.1. The number of hydrogen-bond acceptors (Lipinski definition) is 3. The van der Waals surface area contributed by atoms with E-state index in [4.69, 9.17) is 14.4 Å². The highest BCUT2D eigenvalue weighted by Crippen LogP contribution is 2.42. The minimum Gasteiger partial charge on any atom is -0.455 e. The summed E-state index contributed by atoms with van der Waals surface area (Å²) >= 11 is 0. The molecule has 208 valence electrons. The molecule has 3 aromatic heterocycles. The van der Waals surface area contributed by atoms with E-state index in [2.05, 4.69) is 124 Å². The molecule has 0 spiro atoms. The maximum atomic E-state index is 6.73. The third-order valence-electron chi connectivity index (χ3n) is 8.35. The van der Waals surface area contributed by atoms with Crippen LogP contribution in [0.15, 0.2) is 95.4 Å². The van der Waals surface area contributed by atoms with E-state index in [9.17, 15) is 0 Å². The Hall–Kier alpha value is -4.70. The lowest BCUT2D eigenvalue weighted by molar-refractivity contribution is 0.669.